The van der Waals surface area contributed by atoms with Gasteiger partial charge < -0.3 is 9.53 Å². The average molecular weight is 363 g/mol. The van der Waals surface area contributed by atoms with Crippen LogP contribution in [0.3, 0.4) is 0 Å². The molecule has 0 unspecified atom stereocenters. The van der Waals surface area contributed by atoms with Gasteiger partial charge in [-0.1, -0.05) is 26.0 Å². The summed E-state index contributed by atoms with van der Waals surface area (Å²) in [6.45, 7) is 12.1. The smallest absolute Gasteiger partial charge is 0.188 e. The topological polar surface area (TPSA) is 29.5 Å². The molecule has 0 saturated heterocycles. The summed E-state index contributed by atoms with van der Waals surface area (Å²) in [6.07, 6.45) is 9.87. The van der Waals surface area contributed by atoms with Crippen molar-refractivity contribution in [3.8, 4) is 5.75 Å². The third kappa shape index (κ3) is 5.05. The van der Waals surface area contributed by atoms with Crippen molar-refractivity contribution in [2.75, 3.05) is 0 Å². The Balaban J connectivity index is 2.19. The highest BCUT2D eigenvalue weighted by molar-refractivity contribution is 6.72. The predicted octanol–water partition coefficient (Wildman–Crippen LogP) is 5.94. The van der Waals surface area contributed by atoms with Gasteiger partial charge in [-0.25, -0.2) is 4.39 Å². The highest BCUT2D eigenvalue weighted by Crippen LogP contribution is 2.44. The largest absolute Gasteiger partial charge is 0.485 e. The first-order valence-electron chi connectivity index (χ1n) is 9.12. The molecule has 1 heterocycles. The first-order chi connectivity index (χ1) is 11.6. The van der Waals surface area contributed by atoms with Gasteiger partial charge in [0.2, 0.25) is 0 Å². The molecule has 0 fully saturated rings. The summed E-state index contributed by atoms with van der Waals surface area (Å²) in [5, 5.41) is -0.105. The van der Waals surface area contributed by atoms with E-state index in [4.69, 9.17) is 4.74 Å². The van der Waals surface area contributed by atoms with Gasteiger partial charge in [0.05, 0.1) is 0 Å². The van der Waals surface area contributed by atoms with Crippen molar-refractivity contribution in [1.29, 1.82) is 0 Å². The van der Waals surface area contributed by atoms with Crippen molar-refractivity contribution in [3.05, 3.63) is 48.3 Å². The fraction of sp³-hybridized carbons (Fsp3) is 0.524. The molecule has 2 nitrogen and oxygen atoms in total. The van der Waals surface area contributed by atoms with Crippen molar-refractivity contribution in [2.45, 2.75) is 63.8 Å². The van der Waals surface area contributed by atoms with Crippen LogP contribution in [0.4, 0.5) is 4.39 Å². The molecule has 1 aliphatic heterocycles. The summed E-state index contributed by atoms with van der Waals surface area (Å²) in [5.41, 5.74) is 0.789. The molecule has 2 rings (SSSR count). The van der Waals surface area contributed by atoms with E-state index in [0.717, 1.165) is 37.0 Å². The summed E-state index contributed by atoms with van der Waals surface area (Å²) >= 11 is 0. The average Bonchev–Trinajstić information content (AvgIpc) is 2.52. The van der Waals surface area contributed by atoms with Gasteiger partial charge in [0.25, 0.3) is 0 Å². The monoisotopic (exact) mass is 362 g/mol. The van der Waals surface area contributed by atoms with Gasteiger partial charge in [0.1, 0.15) is 17.7 Å². The van der Waals surface area contributed by atoms with Crippen LogP contribution in [0.15, 0.2) is 36.9 Å². The fourth-order valence-corrected chi connectivity index (χ4v) is 3.97. The van der Waals surface area contributed by atoms with Crippen LogP contribution >= 0.6 is 0 Å². The van der Waals surface area contributed by atoms with E-state index in [1.54, 1.807) is 6.07 Å². The standard InChI is InChI=1S/C21H31FO2Si/c1-6-7-8-9-17(15-21(2,3)25(4,5)23)20-12-10-16-14-18(22)11-13-19(16)24-20/h6,10-14,17,20,23H,1,7-9,15H2,2-5H3/t17-,20+/m0/s1. The third-order valence-corrected chi connectivity index (χ3v) is 9.09. The molecule has 0 radical (unpaired) electrons. The molecule has 1 aromatic carbocycles. The molecule has 0 aliphatic carbocycles. The lowest BCUT2D eigenvalue weighted by Crippen LogP contribution is -2.42. The molecule has 2 atom stereocenters. The Bertz CT molecular complexity index is 631. The number of hydrogen-bond donors (Lipinski definition) is 1. The van der Waals surface area contributed by atoms with E-state index in [-0.39, 0.29) is 17.0 Å². The van der Waals surface area contributed by atoms with E-state index in [9.17, 15) is 9.19 Å². The first-order valence-corrected chi connectivity index (χ1v) is 12.1. The highest BCUT2D eigenvalue weighted by Gasteiger charge is 2.41. The summed E-state index contributed by atoms with van der Waals surface area (Å²) < 4.78 is 19.6. The number of rotatable bonds is 8. The fourth-order valence-electron chi connectivity index (χ4n) is 3.21. The van der Waals surface area contributed by atoms with Crippen LogP contribution in [0.5, 0.6) is 5.75 Å². The minimum absolute atomic E-state index is 0.0431. The lowest BCUT2D eigenvalue weighted by Gasteiger charge is -2.40. The number of ether oxygens (including phenoxy) is 1. The molecule has 0 aromatic heterocycles. The van der Waals surface area contributed by atoms with Crippen LogP contribution in [0.25, 0.3) is 6.08 Å². The van der Waals surface area contributed by atoms with E-state index < -0.39 is 8.32 Å². The highest BCUT2D eigenvalue weighted by atomic mass is 28.4. The molecule has 1 N–H and O–H groups in total. The van der Waals surface area contributed by atoms with Gasteiger partial charge in [0.15, 0.2) is 8.32 Å². The minimum atomic E-state index is -2.29. The Labute approximate surface area is 152 Å². The molecule has 0 amide bonds. The normalized spacial score (nSPS) is 18.4. The molecular weight excluding hydrogens is 331 g/mol. The lowest BCUT2D eigenvalue weighted by molar-refractivity contribution is 0.148. The van der Waals surface area contributed by atoms with Crippen molar-refractivity contribution >= 4 is 14.4 Å². The maximum absolute atomic E-state index is 13.4. The molecule has 4 heteroatoms. The number of benzene rings is 1. The number of unbranched alkanes of at least 4 members (excludes halogenated alkanes) is 1. The molecule has 25 heavy (non-hydrogen) atoms. The zero-order valence-electron chi connectivity index (χ0n) is 15.9. The quantitative estimate of drug-likeness (QED) is 0.352. The Morgan fingerprint density at radius 1 is 1.40 bits per heavy atom. The molecule has 138 valence electrons. The van der Waals surface area contributed by atoms with Crippen LogP contribution in [0.2, 0.25) is 18.1 Å². The van der Waals surface area contributed by atoms with Crippen LogP contribution in [0.1, 0.15) is 45.1 Å². The molecule has 0 saturated carbocycles. The summed E-state index contributed by atoms with van der Waals surface area (Å²) in [7, 11) is -2.29. The Kier molecular flexibility index (Phi) is 6.28. The van der Waals surface area contributed by atoms with E-state index in [1.807, 2.05) is 31.3 Å². The maximum Gasteiger partial charge on any atom is 0.188 e. The predicted molar refractivity (Wildman–Crippen MR) is 106 cm³/mol. The number of fused-ring (bicyclic) bond motifs is 1. The van der Waals surface area contributed by atoms with Gasteiger partial charge in [-0.05, 0) is 74.0 Å². The summed E-state index contributed by atoms with van der Waals surface area (Å²) in [6, 6.07) is 4.65. The molecule has 0 spiro atoms. The maximum atomic E-state index is 13.4. The van der Waals surface area contributed by atoms with E-state index >= 15 is 0 Å². The Morgan fingerprint density at radius 3 is 2.76 bits per heavy atom. The van der Waals surface area contributed by atoms with Crippen molar-refractivity contribution < 1.29 is 13.9 Å². The SMILES string of the molecule is C=CCCC[C@@H](CC(C)(C)[Si](C)(C)O)[C@H]1C=Cc2cc(F)ccc2O1. The second kappa shape index (κ2) is 7.88. The summed E-state index contributed by atoms with van der Waals surface area (Å²) in [5.74, 6) is 0.798. The first kappa shape index (κ1) is 19.9. The lowest BCUT2D eigenvalue weighted by atomic mass is 9.86. The molecule has 1 aromatic rings. The number of hydrogen-bond acceptors (Lipinski definition) is 2. The third-order valence-electron chi connectivity index (χ3n) is 5.58. The van der Waals surface area contributed by atoms with Crippen molar-refractivity contribution in [1.82, 2.24) is 0 Å². The summed E-state index contributed by atoms with van der Waals surface area (Å²) in [4.78, 5) is 10.7. The number of allylic oxidation sites excluding steroid dienone is 1. The van der Waals surface area contributed by atoms with Crippen molar-refractivity contribution in [2.24, 2.45) is 5.92 Å². The molecule has 0 bridgehead atoms. The van der Waals surface area contributed by atoms with Crippen LogP contribution in [-0.4, -0.2) is 19.2 Å². The van der Waals surface area contributed by atoms with Gasteiger partial charge in [0, 0.05) is 5.56 Å². The van der Waals surface area contributed by atoms with E-state index in [1.165, 1.54) is 12.1 Å². The second-order valence-electron chi connectivity index (χ2n) is 8.25. The van der Waals surface area contributed by atoms with Gasteiger partial charge in [-0.15, -0.1) is 6.58 Å². The zero-order chi connectivity index (χ0) is 18.7. The van der Waals surface area contributed by atoms with Crippen LogP contribution in [0, 0.1) is 11.7 Å². The van der Waals surface area contributed by atoms with Gasteiger partial charge in [-0.3, -0.25) is 0 Å². The number of halogens is 1. The van der Waals surface area contributed by atoms with Gasteiger partial charge >= 0.3 is 0 Å². The van der Waals surface area contributed by atoms with Crippen LogP contribution in [-0.2, 0) is 0 Å². The second-order valence-corrected chi connectivity index (χ2v) is 12.7. The van der Waals surface area contributed by atoms with Gasteiger partial charge in [-0.2, -0.15) is 0 Å². The van der Waals surface area contributed by atoms with E-state index in [0.29, 0.717) is 5.92 Å². The molecular formula is C21H31FO2Si. The Hall–Kier alpha value is -1.39. The van der Waals surface area contributed by atoms with E-state index in [2.05, 4.69) is 20.4 Å². The Morgan fingerprint density at radius 2 is 2.12 bits per heavy atom. The van der Waals surface area contributed by atoms with Crippen LogP contribution < -0.4 is 4.74 Å². The minimum Gasteiger partial charge on any atom is -0.485 e. The molecule has 1 aliphatic rings. The van der Waals surface area contributed by atoms with Crippen molar-refractivity contribution in [3.63, 3.8) is 0 Å². The zero-order valence-corrected chi connectivity index (χ0v) is 16.9.